The Kier molecular flexibility index (Phi) is 2.23. The fourth-order valence-corrected chi connectivity index (χ4v) is 3.46. The molecule has 2 saturated carbocycles. The van der Waals surface area contributed by atoms with Crippen LogP contribution in [0.15, 0.2) is 21.9 Å². The summed E-state index contributed by atoms with van der Waals surface area (Å²) < 4.78 is 1.35. The standard InChI is InChI=1S/C12H16N2O2/c15-11-3-4-13-12(16)14(11)7-10-6-8-1-2-9(10)5-8/h3-4,8-10H,1-2,5-7H2,(H,13,16). The Morgan fingerprint density at radius 2 is 2.19 bits per heavy atom. The van der Waals surface area contributed by atoms with Crippen molar-refractivity contribution in [2.24, 2.45) is 17.8 Å². The van der Waals surface area contributed by atoms with E-state index in [4.69, 9.17) is 0 Å². The Hall–Kier alpha value is -1.32. The lowest BCUT2D eigenvalue weighted by molar-refractivity contribution is 0.288. The van der Waals surface area contributed by atoms with Crippen molar-refractivity contribution in [1.29, 1.82) is 0 Å². The summed E-state index contributed by atoms with van der Waals surface area (Å²) in [6, 6.07) is 1.43. The summed E-state index contributed by atoms with van der Waals surface area (Å²) in [5.41, 5.74) is -0.443. The fraction of sp³-hybridized carbons (Fsp3) is 0.667. The Bertz CT molecular complexity index is 474. The van der Waals surface area contributed by atoms with E-state index in [1.807, 2.05) is 0 Å². The van der Waals surface area contributed by atoms with Gasteiger partial charge in [0.1, 0.15) is 0 Å². The summed E-state index contributed by atoms with van der Waals surface area (Å²) in [5.74, 6) is 2.14. The molecule has 3 atom stereocenters. The van der Waals surface area contributed by atoms with E-state index in [0.29, 0.717) is 12.5 Å². The molecule has 2 fully saturated rings. The molecule has 0 radical (unpaired) electrons. The summed E-state index contributed by atoms with van der Waals surface area (Å²) in [6.45, 7) is 0.607. The Morgan fingerprint density at radius 1 is 1.31 bits per heavy atom. The van der Waals surface area contributed by atoms with Gasteiger partial charge in [0.15, 0.2) is 0 Å². The van der Waals surface area contributed by atoms with Gasteiger partial charge in [-0.3, -0.25) is 9.36 Å². The van der Waals surface area contributed by atoms with Gasteiger partial charge in [-0.25, -0.2) is 4.79 Å². The minimum Gasteiger partial charge on any atom is -0.314 e. The lowest BCUT2D eigenvalue weighted by Gasteiger charge is -2.21. The monoisotopic (exact) mass is 220 g/mol. The van der Waals surface area contributed by atoms with Gasteiger partial charge in [0.2, 0.25) is 0 Å². The lowest BCUT2D eigenvalue weighted by atomic mass is 9.89. The minimum atomic E-state index is -0.268. The van der Waals surface area contributed by atoms with Crippen LogP contribution in [0.1, 0.15) is 25.7 Å². The molecule has 0 spiro atoms. The highest BCUT2D eigenvalue weighted by Gasteiger charge is 2.39. The number of fused-ring (bicyclic) bond motifs is 2. The second kappa shape index (κ2) is 3.61. The van der Waals surface area contributed by atoms with Crippen molar-refractivity contribution in [3.8, 4) is 0 Å². The Labute approximate surface area is 93.3 Å². The Morgan fingerprint density at radius 3 is 2.81 bits per heavy atom. The molecule has 16 heavy (non-hydrogen) atoms. The van der Waals surface area contributed by atoms with Gasteiger partial charge in [0.05, 0.1) is 0 Å². The highest BCUT2D eigenvalue weighted by Crippen LogP contribution is 2.48. The zero-order chi connectivity index (χ0) is 11.1. The predicted molar refractivity (Wildman–Crippen MR) is 60.3 cm³/mol. The van der Waals surface area contributed by atoms with Gasteiger partial charge in [-0.15, -0.1) is 0 Å². The summed E-state index contributed by atoms with van der Waals surface area (Å²) in [6.07, 6.45) is 6.56. The summed E-state index contributed by atoms with van der Waals surface area (Å²) in [4.78, 5) is 25.7. The van der Waals surface area contributed by atoms with Gasteiger partial charge < -0.3 is 4.98 Å². The number of nitrogens with one attached hydrogen (secondary N) is 1. The summed E-state index contributed by atoms with van der Waals surface area (Å²) in [5, 5.41) is 0. The zero-order valence-corrected chi connectivity index (χ0v) is 9.19. The van der Waals surface area contributed by atoms with Crippen molar-refractivity contribution in [1.82, 2.24) is 9.55 Å². The Balaban J connectivity index is 1.85. The first-order chi connectivity index (χ1) is 7.74. The third kappa shape index (κ3) is 1.52. The van der Waals surface area contributed by atoms with Gasteiger partial charge in [-0.05, 0) is 37.0 Å². The minimum absolute atomic E-state index is 0.175. The average molecular weight is 220 g/mol. The molecule has 86 valence electrons. The first kappa shape index (κ1) is 9.87. The normalized spacial score (nSPS) is 32.1. The number of hydrogen-bond acceptors (Lipinski definition) is 2. The average Bonchev–Trinajstić information content (AvgIpc) is 2.85. The molecule has 1 N–H and O–H groups in total. The summed E-state index contributed by atoms with van der Waals surface area (Å²) in [7, 11) is 0. The molecule has 2 aliphatic carbocycles. The first-order valence-electron chi connectivity index (χ1n) is 6.02. The number of nitrogens with zero attached hydrogens (tertiary/aromatic N) is 1. The van der Waals surface area contributed by atoms with Crippen LogP contribution in [0.5, 0.6) is 0 Å². The number of H-pyrrole nitrogens is 1. The van der Waals surface area contributed by atoms with Crippen molar-refractivity contribution >= 4 is 0 Å². The van der Waals surface area contributed by atoms with Crippen molar-refractivity contribution in [2.45, 2.75) is 32.2 Å². The third-order valence-electron chi connectivity index (χ3n) is 4.25. The SMILES string of the molecule is O=c1cc[nH]c(=O)n1CC1CC2CCC1C2. The molecular weight excluding hydrogens is 204 g/mol. The van der Waals surface area contributed by atoms with E-state index < -0.39 is 0 Å². The smallest absolute Gasteiger partial charge is 0.314 e. The molecule has 0 aliphatic heterocycles. The predicted octanol–water partition coefficient (Wildman–Crippen LogP) is 0.973. The molecule has 1 aromatic heterocycles. The van der Waals surface area contributed by atoms with Crippen LogP contribution < -0.4 is 11.2 Å². The molecule has 4 nitrogen and oxygen atoms in total. The second-order valence-electron chi connectivity index (χ2n) is 5.17. The van der Waals surface area contributed by atoms with Crippen LogP contribution in [0.4, 0.5) is 0 Å². The quantitative estimate of drug-likeness (QED) is 0.807. The molecule has 0 saturated heterocycles. The maximum Gasteiger partial charge on any atom is 0.328 e. The largest absolute Gasteiger partial charge is 0.328 e. The van der Waals surface area contributed by atoms with Gasteiger partial charge in [0.25, 0.3) is 5.56 Å². The van der Waals surface area contributed by atoms with Crippen molar-refractivity contribution < 1.29 is 0 Å². The van der Waals surface area contributed by atoms with Gasteiger partial charge in [-0.1, -0.05) is 6.42 Å². The number of hydrogen-bond donors (Lipinski definition) is 1. The molecule has 2 aliphatic rings. The van der Waals surface area contributed by atoms with E-state index in [9.17, 15) is 9.59 Å². The number of rotatable bonds is 2. The molecular formula is C12H16N2O2. The van der Waals surface area contributed by atoms with E-state index in [1.54, 1.807) is 0 Å². The molecule has 0 aromatic carbocycles. The molecule has 2 bridgehead atoms. The van der Waals surface area contributed by atoms with E-state index in [2.05, 4.69) is 4.98 Å². The topological polar surface area (TPSA) is 54.9 Å². The van der Waals surface area contributed by atoms with Crippen molar-refractivity contribution in [3.05, 3.63) is 33.1 Å². The third-order valence-corrected chi connectivity index (χ3v) is 4.25. The van der Waals surface area contributed by atoms with E-state index in [0.717, 1.165) is 11.8 Å². The molecule has 4 heteroatoms. The van der Waals surface area contributed by atoms with Crippen LogP contribution in [0, 0.1) is 17.8 Å². The maximum absolute atomic E-state index is 11.6. The number of aromatic nitrogens is 2. The van der Waals surface area contributed by atoms with Crippen LogP contribution in [0.3, 0.4) is 0 Å². The first-order valence-corrected chi connectivity index (χ1v) is 6.02. The molecule has 1 heterocycles. The lowest BCUT2D eigenvalue weighted by Crippen LogP contribution is -2.37. The number of aromatic amines is 1. The summed E-state index contributed by atoms with van der Waals surface area (Å²) >= 11 is 0. The second-order valence-corrected chi connectivity index (χ2v) is 5.17. The van der Waals surface area contributed by atoms with Crippen LogP contribution in [-0.2, 0) is 6.54 Å². The van der Waals surface area contributed by atoms with Crippen LogP contribution in [0.2, 0.25) is 0 Å². The van der Waals surface area contributed by atoms with Gasteiger partial charge >= 0.3 is 5.69 Å². The van der Waals surface area contributed by atoms with Crippen molar-refractivity contribution in [3.63, 3.8) is 0 Å². The van der Waals surface area contributed by atoms with E-state index >= 15 is 0 Å². The molecule has 3 rings (SSSR count). The van der Waals surface area contributed by atoms with Crippen LogP contribution in [0.25, 0.3) is 0 Å². The fourth-order valence-electron chi connectivity index (χ4n) is 3.46. The molecule has 3 unspecified atom stereocenters. The highest BCUT2D eigenvalue weighted by atomic mass is 16.2. The van der Waals surface area contributed by atoms with Crippen molar-refractivity contribution in [2.75, 3.05) is 0 Å². The van der Waals surface area contributed by atoms with E-state index in [-0.39, 0.29) is 11.2 Å². The van der Waals surface area contributed by atoms with Gasteiger partial charge in [-0.2, -0.15) is 0 Å². The zero-order valence-electron chi connectivity index (χ0n) is 9.19. The molecule has 1 aromatic rings. The van der Waals surface area contributed by atoms with Crippen LogP contribution in [-0.4, -0.2) is 9.55 Å². The molecule has 0 amide bonds. The highest BCUT2D eigenvalue weighted by molar-refractivity contribution is 4.91. The van der Waals surface area contributed by atoms with Gasteiger partial charge in [0, 0.05) is 18.8 Å². The van der Waals surface area contributed by atoms with E-state index in [1.165, 1.54) is 42.5 Å². The maximum atomic E-state index is 11.6. The van der Waals surface area contributed by atoms with Crippen LogP contribution >= 0.6 is 0 Å².